The SMILES string of the molecule is CCCCC(=O)c1cc2c(c(OC)c1C)COC(C)C2. The number of methoxy groups -OCH3 is 1. The van der Waals surface area contributed by atoms with Crippen LogP contribution in [0.25, 0.3) is 0 Å². The van der Waals surface area contributed by atoms with Crippen LogP contribution in [0.4, 0.5) is 0 Å². The van der Waals surface area contributed by atoms with Crippen LogP contribution in [0.2, 0.25) is 0 Å². The van der Waals surface area contributed by atoms with E-state index in [2.05, 4.69) is 19.9 Å². The normalized spacial score (nSPS) is 17.7. The fraction of sp³-hybridized carbons (Fsp3) is 0.588. The summed E-state index contributed by atoms with van der Waals surface area (Å²) in [5, 5.41) is 0. The molecule has 1 unspecified atom stereocenters. The number of fused-ring (bicyclic) bond motifs is 1. The summed E-state index contributed by atoms with van der Waals surface area (Å²) in [6, 6.07) is 2.06. The molecular weight excluding hydrogens is 252 g/mol. The van der Waals surface area contributed by atoms with E-state index in [1.165, 1.54) is 5.56 Å². The second-order valence-electron chi connectivity index (χ2n) is 5.57. The number of hydrogen-bond acceptors (Lipinski definition) is 3. The van der Waals surface area contributed by atoms with E-state index in [0.717, 1.165) is 41.7 Å². The third kappa shape index (κ3) is 2.88. The quantitative estimate of drug-likeness (QED) is 0.767. The molecule has 1 aromatic carbocycles. The average Bonchev–Trinajstić information content (AvgIpc) is 2.44. The predicted octanol–water partition coefficient (Wildman–Crippen LogP) is 3.84. The van der Waals surface area contributed by atoms with Crippen molar-refractivity contribution >= 4 is 5.78 Å². The molecule has 1 heterocycles. The molecule has 0 N–H and O–H groups in total. The van der Waals surface area contributed by atoms with Gasteiger partial charge in [-0.25, -0.2) is 0 Å². The van der Waals surface area contributed by atoms with E-state index in [9.17, 15) is 4.79 Å². The summed E-state index contributed by atoms with van der Waals surface area (Å²) in [4.78, 5) is 12.4. The van der Waals surface area contributed by atoms with Crippen LogP contribution in [0.15, 0.2) is 6.07 Å². The molecule has 0 fully saturated rings. The lowest BCUT2D eigenvalue weighted by Gasteiger charge is -2.26. The number of unbranched alkanes of at least 4 members (excludes halogenated alkanes) is 1. The molecular formula is C17H24O3. The lowest BCUT2D eigenvalue weighted by Crippen LogP contribution is -2.21. The maximum absolute atomic E-state index is 12.4. The molecule has 0 amide bonds. The Balaban J connectivity index is 2.43. The van der Waals surface area contributed by atoms with E-state index in [4.69, 9.17) is 9.47 Å². The van der Waals surface area contributed by atoms with Crippen LogP contribution >= 0.6 is 0 Å². The lowest BCUT2D eigenvalue weighted by molar-refractivity contribution is 0.0394. The zero-order chi connectivity index (χ0) is 14.7. The second kappa shape index (κ2) is 6.40. The minimum Gasteiger partial charge on any atom is -0.496 e. The van der Waals surface area contributed by atoms with E-state index in [1.807, 2.05) is 6.92 Å². The monoisotopic (exact) mass is 276 g/mol. The molecule has 0 aliphatic carbocycles. The molecule has 0 aromatic heterocycles. The molecule has 3 heteroatoms. The predicted molar refractivity (Wildman–Crippen MR) is 79.5 cm³/mol. The summed E-state index contributed by atoms with van der Waals surface area (Å²) in [6.45, 7) is 6.71. The van der Waals surface area contributed by atoms with E-state index in [1.54, 1.807) is 7.11 Å². The second-order valence-corrected chi connectivity index (χ2v) is 5.57. The molecule has 1 aliphatic rings. The molecule has 110 valence electrons. The average molecular weight is 276 g/mol. The molecule has 1 aromatic rings. The van der Waals surface area contributed by atoms with Gasteiger partial charge in [0.2, 0.25) is 0 Å². The molecule has 1 aliphatic heterocycles. The number of ether oxygens (including phenoxy) is 2. The van der Waals surface area contributed by atoms with Gasteiger partial charge in [0.25, 0.3) is 0 Å². The minimum atomic E-state index is 0.202. The molecule has 1 atom stereocenters. The Kier molecular flexibility index (Phi) is 4.81. The van der Waals surface area contributed by atoms with Gasteiger partial charge in [0.05, 0.1) is 19.8 Å². The van der Waals surface area contributed by atoms with Crippen LogP contribution < -0.4 is 4.74 Å². The van der Waals surface area contributed by atoms with E-state index in [-0.39, 0.29) is 11.9 Å². The number of hydrogen-bond donors (Lipinski definition) is 0. The van der Waals surface area contributed by atoms with Crippen molar-refractivity contribution in [3.05, 3.63) is 28.3 Å². The summed E-state index contributed by atoms with van der Waals surface area (Å²) in [5.41, 5.74) is 4.08. The van der Waals surface area contributed by atoms with Gasteiger partial charge < -0.3 is 9.47 Å². The summed E-state index contributed by atoms with van der Waals surface area (Å²) < 4.78 is 11.2. The van der Waals surface area contributed by atoms with E-state index >= 15 is 0 Å². The zero-order valence-corrected chi connectivity index (χ0v) is 12.9. The molecule has 0 bridgehead atoms. The van der Waals surface area contributed by atoms with Gasteiger partial charge in [-0.2, -0.15) is 0 Å². The molecule has 0 saturated heterocycles. The van der Waals surface area contributed by atoms with Crippen molar-refractivity contribution in [2.75, 3.05) is 7.11 Å². The number of benzene rings is 1. The number of ketones is 1. The van der Waals surface area contributed by atoms with Crippen molar-refractivity contribution < 1.29 is 14.3 Å². The van der Waals surface area contributed by atoms with Crippen LogP contribution in [0.3, 0.4) is 0 Å². The van der Waals surface area contributed by atoms with E-state index < -0.39 is 0 Å². The molecule has 20 heavy (non-hydrogen) atoms. The van der Waals surface area contributed by atoms with Crippen molar-refractivity contribution in [2.45, 2.75) is 59.2 Å². The van der Waals surface area contributed by atoms with Crippen molar-refractivity contribution in [1.82, 2.24) is 0 Å². The fourth-order valence-corrected chi connectivity index (χ4v) is 2.84. The number of carbonyl (C=O) groups excluding carboxylic acids is 1. The Labute approximate surface area is 121 Å². The molecule has 0 spiro atoms. The van der Waals surface area contributed by atoms with Gasteiger partial charge in [-0.15, -0.1) is 0 Å². The lowest BCUT2D eigenvalue weighted by atomic mass is 9.90. The number of rotatable bonds is 5. The van der Waals surface area contributed by atoms with Crippen molar-refractivity contribution in [1.29, 1.82) is 0 Å². The molecule has 3 nitrogen and oxygen atoms in total. The topological polar surface area (TPSA) is 35.5 Å². The van der Waals surface area contributed by atoms with Crippen LogP contribution in [0.5, 0.6) is 5.75 Å². The Bertz CT molecular complexity index is 505. The fourth-order valence-electron chi connectivity index (χ4n) is 2.84. The summed E-state index contributed by atoms with van der Waals surface area (Å²) in [5.74, 6) is 1.05. The Morgan fingerprint density at radius 1 is 1.50 bits per heavy atom. The summed E-state index contributed by atoms with van der Waals surface area (Å²) in [6.07, 6.45) is 3.65. The highest BCUT2D eigenvalue weighted by Crippen LogP contribution is 2.35. The molecule has 0 saturated carbocycles. The first-order valence-electron chi connectivity index (χ1n) is 7.42. The highest BCUT2D eigenvalue weighted by molar-refractivity contribution is 5.98. The van der Waals surface area contributed by atoms with Gasteiger partial charge in [0.1, 0.15) is 5.75 Å². The highest BCUT2D eigenvalue weighted by Gasteiger charge is 2.24. The Hall–Kier alpha value is -1.35. The van der Waals surface area contributed by atoms with Crippen molar-refractivity contribution in [3.8, 4) is 5.75 Å². The zero-order valence-electron chi connectivity index (χ0n) is 12.9. The largest absolute Gasteiger partial charge is 0.496 e. The maximum atomic E-state index is 12.4. The summed E-state index contributed by atoms with van der Waals surface area (Å²) in [7, 11) is 1.67. The van der Waals surface area contributed by atoms with Gasteiger partial charge in [-0.3, -0.25) is 4.79 Å². The van der Waals surface area contributed by atoms with Crippen LogP contribution in [-0.2, 0) is 17.8 Å². The third-order valence-corrected chi connectivity index (χ3v) is 4.01. The van der Waals surface area contributed by atoms with Gasteiger partial charge in [-0.05, 0) is 38.3 Å². The Morgan fingerprint density at radius 3 is 2.90 bits per heavy atom. The maximum Gasteiger partial charge on any atom is 0.163 e. The standard InChI is InChI=1S/C17H24O3/c1-5-6-7-16(18)14-9-13-8-11(2)20-10-15(13)17(19-4)12(14)3/h9,11H,5-8,10H2,1-4H3. The van der Waals surface area contributed by atoms with Crippen LogP contribution in [0.1, 0.15) is 60.2 Å². The molecule has 0 radical (unpaired) electrons. The van der Waals surface area contributed by atoms with Gasteiger partial charge in [0, 0.05) is 23.1 Å². The first-order chi connectivity index (χ1) is 9.58. The number of Topliss-reactive ketones (excluding diaryl/α,β-unsaturated/α-hetero) is 1. The van der Waals surface area contributed by atoms with Gasteiger partial charge >= 0.3 is 0 Å². The van der Waals surface area contributed by atoms with Crippen molar-refractivity contribution in [2.24, 2.45) is 0 Å². The van der Waals surface area contributed by atoms with Crippen LogP contribution in [0, 0.1) is 6.92 Å². The van der Waals surface area contributed by atoms with E-state index in [0.29, 0.717) is 13.0 Å². The highest BCUT2D eigenvalue weighted by atomic mass is 16.5. The third-order valence-electron chi connectivity index (χ3n) is 4.01. The van der Waals surface area contributed by atoms with Gasteiger partial charge in [0.15, 0.2) is 5.78 Å². The Morgan fingerprint density at radius 2 is 2.25 bits per heavy atom. The summed E-state index contributed by atoms with van der Waals surface area (Å²) >= 11 is 0. The first kappa shape index (κ1) is 15.0. The van der Waals surface area contributed by atoms with Crippen LogP contribution in [-0.4, -0.2) is 19.0 Å². The minimum absolute atomic E-state index is 0.202. The smallest absolute Gasteiger partial charge is 0.163 e. The van der Waals surface area contributed by atoms with Crippen molar-refractivity contribution in [3.63, 3.8) is 0 Å². The molecule has 2 rings (SSSR count). The first-order valence-corrected chi connectivity index (χ1v) is 7.42. The van der Waals surface area contributed by atoms with Gasteiger partial charge in [-0.1, -0.05) is 13.3 Å². The number of carbonyl (C=O) groups is 1.